The highest BCUT2D eigenvalue weighted by molar-refractivity contribution is 6.02. The lowest BCUT2D eigenvalue weighted by Gasteiger charge is -2.34. The summed E-state index contributed by atoms with van der Waals surface area (Å²) in [4.78, 5) is 25.2. The summed E-state index contributed by atoms with van der Waals surface area (Å²) >= 11 is 0. The number of hydrogen-bond acceptors (Lipinski definition) is 3. The highest BCUT2D eigenvalue weighted by Gasteiger charge is 2.38. The number of amides is 1. The van der Waals surface area contributed by atoms with Crippen molar-refractivity contribution in [2.45, 2.75) is 31.1 Å². The number of methoxy groups -OCH3 is 1. The number of hydrogen-bond donors (Lipinski definition) is 1. The molecule has 5 heteroatoms. The molecule has 0 unspecified atom stereocenters. The van der Waals surface area contributed by atoms with Gasteiger partial charge in [0.2, 0.25) is 5.91 Å². The zero-order chi connectivity index (χ0) is 19.0. The third kappa shape index (κ3) is 3.37. The largest absolute Gasteiger partial charge is 0.497 e. The number of benzene rings is 2. The van der Waals surface area contributed by atoms with Crippen molar-refractivity contribution in [2.75, 3.05) is 7.11 Å². The van der Waals surface area contributed by atoms with Gasteiger partial charge < -0.3 is 10.1 Å². The average Bonchev–Trinajstić information content (AvgIpc) is 2.67. The summed E-state index contributed by atoms with van der Waals surface area (Å²) in [5.41, 5.74) is 3.02. The number of halogens is 1. The van der Waals surface area contributed by atoms with E-state index in [1.807, 2.05) is 24.3 Å². The standard InChI is InChI=1S/C22H20FNO3/c1-27-17-7-5-13(6-8-17)15-10-19-22(20(25)11-15)18(12-21(26)24-19)14-3-2-4-16(23)9-14/h2-9,15,18H,10-12H2,1H3,(H,24,26)/t15-,18+/m1/s1. The lowest BCUT2D eigenvalue weighted by molar-refractivity contribution is -0.122. The Balaban J connectivity index is 1.68. The topological polar surface area (TPSA) is 55.4 Å². The molecule has 0 saturated carbocycles. The van der Waals surface area contributed by atoms with Crippen LogP contribution >= 0.6 is 0 Å². The van der Waals surface area contributed by atoms with Crippen LogP contribution < -0.4 is 10.1 Å². The lowest BCUT2D eigenvalue weighted by Crippen LogP contribution is -2.38. The van der Waals surface area contributed by atoms with Crippen LogP contribution in [0.3, 0.4) is 0 Å². The molecule has 138 valence electrons. The Morgan fingerprint density at radius 3 is 2.48 bits per heavy atom. The molecule has 1 aliphatic heterocycles. The second-order valence-electron chi connectivity index (χ2n) is 7.05. The first-order valence-electron chi connectivity index (χ1n) is 9.00. The molecular formula is C22H20FNO3. The van der Waals surface area contributed by atoms with Gasteiger partial charge in [-0.1, -0.05) is 24.3 Å². The molecule has 0 fully saturated rings. The van der Waals surface area contributed by atoms with Gasteiger partial charge in [0.15, 0.2) is 5.78 Å². The molecule has 1 amide bonds. The van der Waals surface area contributed by atoms with Gasteiger partial charge in [-0.15, -0.1) is 0 Å². The Bertz CT molecular complexity index is 933. The molecule has 2 aromatic carbocycles. The number of ketones is 1. The Labute approximate surface area is 157 Å². The summed E-state index contributed by atoms with van der Waals surface area (Å²) in [6.07, 6.45) is 1.14. The van der Waals surface area contributed by atoms with Crippen LogP contribution in [-0.2, 0) is 9.59 Å². The SMILES string of the molecule is COc1ccc([C@H]2CC(=O)C3=C(C2)NC(=O)C[C@H]3c2cccc(F)c2)cc1. The van der Waals surface area contributed by atoms with E-state index in [0.29, 0.717) is 29.7 Å². The Kier molecular flexibility index (Phi) is 4.52. The number of ether oxygens (including phenoxy) is 1. The molecule has 1 aliphatic carbocycles. The molecule has 2 aromatic rings. The third-order valence-corrected chi connectivity index (χ3v) is 5.37. The summed E-state index contributed by atoms with van der Waals surface area (Å²) in [5, 5.41) is 2.89. The zero-order valence-electron chi connectivity index (χ0n) is 15.0. The van der Waals surface area contributed by atoms with Crippen molar-refractivity contribution >= 4 is 11.7 Å². The van der Waals surface area contributed by atoms with Gasteiger partial charge in [-0.2, -0.15) is 0 Å². The van der Waals surface area contributed by atoms with Gasteiger partial charge in [-0.25, -0.2) is 4.39 Å². The molecule has 1 N–H and O–H groups in total. The van der Waals surface area contributed by atoms with Crippen LogP contribution in [0.2, 0.25) is 0 Å². The highest BCUT2D eigenvalue weighted by Crippen LogP contribution is 2.42. The van der Waals surface area contributed by atoms with E-state index in [9.17, 15) is 14.0 Å². The van der Waals surface area contributed by atoms with Crippen LogP contribution in [0.5, 0.6) is 5.75 Å². The lowest BCUT2D eigenvalue weighted by atomic mass is 9.73. The molecule has 2 aliphatic rings. The number of carbonyl (C=O) groups is 2. The average molecular weight is 365 g/mol. The van der Waals surface area contributed by atoms with Gasteiger partial charge in [0.05, 0.1) is 7.11 Å². The van der Waals surface area contributed by atoms with Gasteiger partial charge >= 0.3 is 0 Å². The molecule has 1 heterocycles. The van der Waals surface area contributed by atoms with Crippen molar-refractivity contribution in [3.63, 3.8) is 0 Å². The van der Waals surface area contributed by atoms with E-state index < -0.39 is 0 Å². The highest BCUT2D eigenvalue weighted by atomic mass is 19.1. The van der Waals surface area contributed by atoms with Gasteiger partial charge in [0, 0.05) is 30.0 Å². The van der Waals surface area contributed by atoms with E-state index in [0.717, 1.165) is 11.3 Å². The maximum atomic E-state index is 13.7. The maximum absolute atomic E-state index is 13.7. The third-order valence-electron chi connectivity index (χ3n) is 5.37. The molecule has 4 nitrogen and oxygen atoms in total. The maximum Gasteiger partial charge on any atom is 0.225 e. The van der Waals surface area contributed by atoms with Gasteiger partial charge in [0.1, 0.15) is 11.6 Å². The monoisotopic (exact) mass is 365 g/mol. The Hall–Kier alpha value is -2.95. The van der Waals surface area contributed by atoms with Crippen LogP contribution in [0.25, 0.3) is 0 Å². The smallest absolute Gasteiger partial charge is 0.225 e. The van der Waals surface area contributed by atoms with Gasteiger partial charge in [-0.05, 0) is 47.7 Å². The first-order valence-corrected chi connectivity index (χ1v) is 9.00. The van der Waals surface area contributed by atoms with Gasteiger partial charge in [-0.3, -0.25) is 9.59 Å². The second kappa shape index (κ2) is 6.99. The van der Waals surface area contributed by atoms with Crippen LogP contribution in [-0.4, -0.2) is 18.8 Å². The molecule has 0 spiro atoms. The van der Waals surface area contributed by atoms with Crippen LogP contribution in [0.1, 0.15) is 42.2 Å². The number of nitrogens with one attached hydrogen (secondary N) is 1. The zero-order valence-corrected chi connectivity index (χ0v) is 15.0. The molecule has 0 aromatic heterocycles. The first-order chi connectivity index (χ1) is 13.0. The van der Waals surface area contributed by atoms with Crippen LogP contribution in [0.4, 0.5) is 4.39 Å². The van der Waals surface area contributed by atoms with Crippen molar-refractivity contribution in [2.24, 2.45) is 0 Å². The molecule has 0 bridgehead atoms. The van der Waals surface area contributed by atoms with Crippen molar-refractivity contribution in [1.29, 1.82) is 0 Å². The summed E-state index contributed by atoms with van der Waals surface area (Å²) < 4.78 is 18.9. The quantitative estimate of drug-likeness (QED) is 0.899. The summed E-state index contributed by atoms with van der Waals surface area (Å²) in [7, 11) is 1.61. The predicted molar refractivity (Wildman–Crippen MR) is 98.9 cm³/mol. The van der Waals surface area contributed by atoms with E-state index >= 15 is 0 Å². The normalized spacial score (nSPS) is 22.3. The Morgan fingerprint density at radius 2 is 1.78 bits per heavy atom. The van der Waals surface area contributed by atoms with Crippen LogP contribution in [0, 0.1) is 5.82 Å². The predicted octanol–water partition coefficient (Wildman–Crippen LogP) is 3.84. The fourth-order valence-corrected chi connectivity index (χ4v) is 4.08. The molecule has 27 heavy (non-hydrogen) atoms. The minimum Gasteiger partial charge on any atom is -0.497 e. The molecule has 4 rings (SSSR count). The fraction of sp³-hybridized carbons (Fsp3) is 0.273. The van der Waals surface area contributed by atoms with Crippen molar-refractivity contribution < 1.29 is 18.7 Å². The molecular weight excluding hydrogens is 345 g/mol. The number of rotatable bonds is 3. The van der Waals surface area contributed by atoms with E-state index in [1.54, 1.807) is 19.2 Å². The minimum absolute atomic E-state index is 0.00807. The number of allylic oxidation sites excluding steroid dienone is 2. The second-order valence-corrected chi connectivity index (χ2v) is 7.05. The number of Topliss-reactive ketones (excluding diaryl/α,β-unsaturated/α-hetero) is 1. The molecule has 0 saturated heterocycles. The molecule has 0 radical (unpaired) electrons. The summed E-state index contributed by atoms with van der Waals surface area (Å²) in [6, 6.07) is 13.8. The number of carbonyl (C=O) groups excluding carboxylic acids is 2. The fourth-order valence-electron chi connectivity index (χ4n) is 4.08. The van der Waals surface area contributed by atoms with Crippen LogP contribution in [0.15, 0.2) is 59.8 Å². The van der Waals surface area contributed by atoms with Crippen molar-refractivity contribution in [3.8, 4) is 5.75 Å². The van der Waals surface area contributed by atoms with E-state index in [2.05, 4.69) is 5.32 Å². The van der Waals surface area contributed by atoms with E-state index in [1.165, 1.54) is 12.1 Å². The van der Waals surface area contributed by atoms with Gasteiger partial charge in [0.25, 0.3) is 0 Å². The van der Waals surface area contributed by atoms with E-state index in [4.69, 9.17) is 4.74 Å². The minimum atomic E-state index is -0.381. The van der Waals surface area contributed by atoms with Crippen molar-refractivity contribution in [1.82, 2.24) is 5.32 Å². The Morgan fingerprint density at radius 1 is 1.00 bits per heavy atom. The summed E-state index contributed by atoms with van der Waals surface area (Å²) in [5.74, 6) is -0.0852. The molecule has 2 atom stereocenters. The first kappa shape index (κ1) is 17.5. The van der Waals surface area contributed by atoms with Crippen molar-refractivity contribution in [3.05, 3.63) is 76.7 Å². The summed E-state index contributed by atoms with van der Waals surface area (Å²) in [6.45, 7) is 0. The van der Waals surface area contributed by atoms with E-state index in [-0.39, 0.29) is 35.8 Å².